The summed E-state index contributed by atoms with van der Waals surface area (Å²) in [6.45, 7) is 3.11. The standard InChI is InChI=1S/C26H19BrF3NO3/c1-15-2-4-16(5-3-15)12-31-13-20-21(33-14-31)11-10-19-23(32)22(17-6-8-18(27)9-7-17)25(26(28,29)30)34-24(19)20/h2-11H,12-14H2,1H3. The Labute approximate surface area is 201 Å². The van der Waals surface area contributed by atoms with Gasteiger partial charge in [-0.15, -0.1) is 0 Å². The lowest BCUT2D eigenvalue weighted by atomic mass is 10.00. The molecule has 34 heavy (non-hydrogen) atoms. The molecule has 0 atom stereocenters. The Balaban J connectivity index is 1.63. The normalized spacial score (nSPS) is 14.1. The second-order valence-corrected chi connectivity index (χ2v) is 9.22. The highest BCUT2D eigenvalue weighted by Crippen LogP contribution is 2.40. The molecule has 0 spiro atoms. The van der Waals surface area contributed by atoms with Crippen LogP contribution in [0.4, 0.5) is 13.2 Å². The van der Waals surface area contributed by atoms with Crippen LogP contribution in [0.25, 0.3) is 22.1 Å². The van der Waals surface area contributed by atoms with Crippen LogP contribution < -0.4 is 10.2 Å². The lowest BCUT2D eigenvalue weighted by Gasteiger charge is -2.29. The predicted octanol–water partition coefficient (Wildman–Crippen LogP) is 6.90. The molecule has 174 valence electrons. The van der Waals surface area contributed by atoms with Crippen LogP contribution in [0.2, 0.25) is 0 Å². The second-order valence-electron chi connectivity index (χ2n) is 8.30. The fourth-order valence-electron chi connectivity index (χ4n) is 4.14. The molecule has 1 aromatic heterocycles. The van der Waals surface area contributed by atoms with Crippen molar-refractivity contribution >= 4 is 26.9 Å². The number of benzene rings is 3. The number of fused-ring (bicyclic) bond motifs is 3. The van der Waals surface area contributed by atoms with Crippen LogP contribution in [0, 0.1) is 6.92 Å². The van der Waals surface area contributed by atoms with Crippen LogP contribution in [-0.2, 0) is 19.3 Å². The average molecular weight is 530 g/mol. The zero-order valence-corrected chi connectivity index (χ0v) is 19.7. The van der Waals surface area contributed by atoms with Crippen LogP contribution >= 0.6 is 15.9 Å². The SMILES string of the molecule is Cc1ccc(CN2COc3ccc4c(=O)c(-c5ccc(Br)cc5)c(C(F)(F)F)oc4c3C2)cc1. The highest BCUT2D eigenvalue weighted by molar-refractivity contribution is 9.10. The van der Waals surface area contributed by atoms with E-state index >= 15 is 0 Å². The van der Waals surface area contributed by atoms with E-state index in [2.05, 4.69) is 15.9 Å². The van der Waals surface area contributed by atoms with Crippen LogP contribution in [0.3, 0.4) is 0 Å². The number of alkyl halides is 3. The molecular weight excluding hydrogens is 511 g/mol. The molecule has 2 heterocycles. The maximum Gasteiger partial charge on any atom is 0.450 e. The molecule has 0 saturated carbocycles. The third kappa shape index (κ3) is 4.23. The molecule has 0 unspecified atom stereocenters. The van der Waals surface area contributed by atoms with Crippen molar-refractivity contribution in [1.29, 1.82) is 0 Å². The molecule has 0 amide bonds. The molecule has 0 fully saturated rings. The maximum atomic E-state index is 14.1. The molecule has 4 aromatic rings. The van der Waals surface area contributed by atoms with Gasteiger partial charge in [0.2, 0.25) is 11.2 Å². The molecule has 0 bridgehead atoms. The summed E-state index contributed by atoms with van der Waals surface area (Å²) in [6, 6.07) is 17.2. The third-order valence-electron chi connectivity index (χ3n) is 5.82. The maximum absolute atomic E-state index is 14.1. The average Bonchev–Trinajstić information content (AvgIpc) is 2.80. The summed E-state index contributed by atoms with van der Waals surface area (Å²) in [5, 5.41) is 0.0884. The topological polar surface area (TPSA) is 42.7 Å². The Hall–Kier alpha value is -3.10. The van der Waals surface area contributed by atoms with Gasteiger partial charge in [0.15, 0.2) is 0 Å². The lowest BCUT2D eigenvalue weighted by molar-refractivity contribution is -0.152. The van der Waals surface area contributed by atoms with Gasteiger partial charge in [0, 0.05) is 17.6 Å². The molecule has 0 aliphatic carbocycles. The molecular formula is C26H19BrF3NO3. The fraction of sp³-hybridized carbons (Fsp3) is 0.192. The van der Waals surface area contributed by atoms with Crippen molar-refractivity contribution in [2.75, 3.05) is 6.73 Å². The quantitative estimate of drug-likeness (QED) is 0.289. The van der Waals surface area contributed by atoms with Crippen molar-refractivity contribution in [2.45, 2.75) is 26.2 Å². The van der Waals surface area contributed by atoms with Crippen LogP contribution in [0.5, 0.6) is 5.75 Å². The van der Waals surface area contributed by atoms with Gasteiger partial charge in [0.1, 0.15) is 18.1 Å². The van der Waals surface area contributed by atoms with Crippen LogP contribution in [-0.4, -0.2) is 11.6 Å². The zero-order valence-electron chi connectivity index (χ0n) is 18.1. The van der Waals surface area contributed by atoms with Crippen LogP contribution in [0.15, 0.2) is 74.3 Å². The molecule has 0 N–H and O–H groups in total. The van der Waals surface area contributed by atoms with Crippen LogP contribution in [0.1, 0.15) is 22.5 Å². The number of halogens is 4. The first kappa shape index (κ1) is 22.7. The molecule has 4 nitrogen and oxygen atoms in total. The van der Waals surface area contributed by atoms with E-state index in [9.17, 15) is 18.0 Å². The predicted molar refractivity (Wildman–Crippen MR) is 127 cm³/mol. The monoisotopic (exact) mass is 529 g/mol. The van der Waals surface area contributed by atoms with E-state index in [1.807, 2.05) is 36.1 Å². The summed E-state index contributed by atoms with van der Waals surface area (Å²) in [5.41, 5.74) is 1.44. The minimum Gasteiger partial charge on any atom is -0.478 e. The summed E-state index contributed by atoms with van der Waals surface area (Å²) in [5.74, 6) is -0.892. The summed E-state index contributed by atoms with van der Waals surface area (Å²) in [7, 11) is 0. The van der Waals surface area contributed by atoms with Crippen molar-refractivity contribution in [3.8, 4) is 16.9 Å². The van der Waals surface area contributed by atoms with Crippen molar-refractivity contribution in [3.05, 3.63) is 97.8 Å². The first-order valence-corrected chi connectivity index (χ1v) is 11.4. The first-order valence-electron chi connectivity index (χ1n) is 10.6. The largest absolute Gasteiger partial charge is 0.478 e. The van der Waals surface area contributed by atoms with Gasteiger partial charge in [0.05, 0.1) is 16.5 Å². The minimum absolute atomic E-state index is 0.0884. The van der Waals surface area contributed by atoms with Gasteiger partial charge in [-0.05, 0) is 42.3 Å². The molecule has 1 aliphatic heterocycles. The van der Waals surface area contributed by atoms with Gasteiger partial charge < -0.3 is 9.15 Å². The van der Waals surface area contributed by atoms with Gasteiger partial charge >= 0.3 is 6.18 Å². The third-order valence-corrected chi connectivity index (χ3v) is 6.35. The van der Waals surface area contributed by atoms with Crippen molar-refractivity contribution < 1.29 is 22.3 Å². The highest BCUT2D eigenvalue weighted by atomic mass is 79.9. The Morgan fingerprint density at radius 2 is 1.71 bits per heavy atom. The van der Waals surface area contributed by atoms with Gasteiger partial charge in [-0.3, -0.25) is 9.69 Å². The number of ether oxygens (including phenoxy) is 1. The van der Waals surface area contributed by atoms with E-state index in [0.29, 0.717) is 28.9 Å². The van der Waals surface area contributed by atoms with Gasteiger partial charge in [-0.1, -0.05) is 57.9 Å². The van der Waals surface area contributed by atoms with Crippen molar-refractivity contribution in [3.63, 3.8) is 0 Å². The lowest BCUT2D eigenvalue weighted by Crippen LogP contribution is -2.32. The smallest absolute Gasteiger partial charge is 0.450 e. The Morgan fingerprint density at radius 3 is 2.38 bits per heavy atom. The summed E-state index contributed by atoms with van der Waals surface area (Å²) in [6.07, 6.45) is -4.85. The number of rotatable bonds is 3. The zero-order chi connectivity index (χ0) is 24.0. The highest BCUT2D eigenvalue weighted by Gasteiger charge is 2.40. The van der Waals surface area contributed by atoms with E-state index in [1.54, 1.807) is 18.2 Å². The molecule has 0 radical (unpaired) electrons. The Kier molecular flexibility index (Phi) is 5.73. The van der Waals surface area contributed by atoms with Crippen molar-refractivity contribution in [2.24, 2.45) is 0 Å². The summed E-state index contributed by atoms with van der Waals surface area (Å²) in [4.78, 5) is 15.3. The number of hydrogen-bond donors (Lipinski definition) is 0. The van der Waals surface area contributed by atoms with E-state index in [-0.39, 0.29) is 23.3 Å². The van der Waals surface area contributed by atoms with E-state index in [4.69, 9.17) is 9.15 Å². The molecule has 5 rings (SSSR count). The number of aryl methyl sites for hydroxylation is 1. The summed E-state index contributed by atoms with van der Waals surface area (Å²) < 4.78 is 54.2. The molecule has 3 aromatic carbocycles. The fourth-order valence-corrected chi connectivity index (χ4v) is 4.41. The van der Waals surface area contributed by atoms with Gasteiger partial charge in [-0.25, -0.2) is 0 Å². The van der Waals surface area contributed by atoms with Gasteiger partial charge in [0.25, 0.3) is 0 Å². The second kappa shape index (κ2) is 8.60. The number of hydrogen-bond acceptors (Lipinski definition) is 4. The Morgan fingerprint density at radius 1 is 1.00 bits per heavy atom. The van der Waals surface area contributed by atoms with Gasteiger partial charge in [-0.2, -0.15) is 13.2 Å². The molecule has 8 heteroatoms. The van der Waals surface area contributed by atoms with E-state index < -0.39 is 22.9 Å². The molecule has 1 aliphatic rings. The number of nitrogens with zero attached hydrogens (tertiary/aromatic N) is 1. The van der Waals surface area contributed by atoms with E-state index in [1.165, 1.54) is 18.2 Å². The van der Waals surface area contributed by atoms with E-state index in [0.717, 1.165) is 11.1 Å². The summed E-state index contributed by atoms with van der Waals surface area (Å²) >= 11 is 3.27. The molecule has 0 saturated heterocycles. The Bertz CT molecular complexity index is 1430. The first-order chi connectivity index (χ1) is 16.2. The van der Waals surface area contributed by atoms with Crippen molar-refractivity contribution in [1.82, 2.24) is 4.90 Å². The minimum atomic E-state index is -4.85.